The van der Waals surface area contributed by atoms with E-state index in [4.69, 9.17) is 0 Å². The molecule has 1 heterocycles. The van der Waals surface area contributed by atoms with Gasteiger partial charge < -0.3 is 14.9 Å². The van der Waals surface area contributed by atoms with E-state index in [0.29, 0.717) is 11.4 Å². The van der Waals surface area contributed by atoms with Crippen LogP contribution in [0, 0.1) is 0 Å². The predicted molar refractivity (Wildman–Crippen MR) is 115 cm³/mol. The van der Waals surface area contributed by atoms with Gasteiger partial charge in [-0.05, 0) is 40.4 Å². The van der Waals surface area contributed by atoms with Crippen LogP contribution in [-0.4, -0.2) is 23.2 Å². The van der Waals surface area contributed by atoms with Crippen LogP contribution in [0.25, 0.3) is 11.1 Å². The number of allylic oxidation sites excluding steroid dienone is 2. The first-order chi connectivity index (χ1) is 13.7. The standard InChI is InChI=1S/C24H20BNO2/c27-25(28)22-10-4-1-7-19(22)17-13-15-18(16-14-17)26-23-11-5-2-8-20(23)21-9-3-6-12-24(21)26/h1-16,20,23,27-28H. The molecule has 1 aliphatic heterocycles. The van der Waals surface area contributed by atoms with E-state index in [1.54, 1.807) is 6.07 Å². The van der Waals surface area contributed by atoms with E-state index < -0.39 is 7.12 Å². The predicted octanol–water partition coefficient (Wildman–Crippen LogP) is 3.76. The van der Waals surface area contributed by atoms with Crippen molar-refractivity contribution in [2.24, 2.45) is 0 Å². The van der Waals surface area contributed by atoms with Crippen molar-refractivity contribution in [3.63, 3.8) is 0 Å². The van der Waals surface area contributed by atoms with Gasteiger partial charge in [-0.2, -0.15) is 0 Å². The van der Waals surface area contributed by atoms with Gasteiger partial charge in [0.25, 0.3) is 0 Å². The lowest BCUT2D eigenvalue weighted by Gasteiger charge is -2.28. The fourth-order valence-corrected chi connectivity index (χ4v) is 4.38. The Morgan fingerprint density at radius 1 is 0.750 bits per heavy atom. The number of benzene rings is 3. The molecule has 0 fully saturated rings. The summed E-state index contributed by atoms with van der Waals surface area (Å²) in [6.07, 6.45) is 8.78. The third-order valence-electron chi connectivity index (χ3n) is 5.65. The second-order valence-electron chi connectivity index (χ2n) is 7.22. The van der Waals surface area contributed by atoms with Gasteiger partial charge in [-0.15, -0.1) is 0 Å². The van der Waals surface area contributed by atoms with Crippen molar-refractivity contribution >= 4 is 24.0 Å². The average molecular weight is 365 g/mol. The van der Waals surface area contributed by atoms with Gasteiger partial charge in [-0.25, -0.2) is 0 Å². The number of hydrogen-bond acceptors (Lipinski definition) is 3. The van der Waals surface area contributed by atoms with Crippen molar-refractivity contribution in [3.8, 4) is 11.1 Å². The van der Waals surface area contributed by atoms with E-state index in [-0.39, 0.29) is 6.04 Å². The summed E-state index contributed by atoms with van der Waals surface area (Å²) in [5, 5.41) is 19.3. The molecule has 0 aromatic heterocycles. The minimum absolute atomic E-state index is 0.278. The smallest absolute Gasteiger partial charge is 0.423 e. The first-order valence-corrected chi connectivity index (χ1v) is 9.53. The minimum Gasteiger partial charge on any atom is -0.423 e. The van der Waals surface area contributed by atoms with Crippen molar-refractivity contribution in [1.29, 1.82) is 0 Å². The molecule has 4 heteroatoms. The second-order valence-corrected chi connectivity index (χ2v) is 7.22. The van der Waals surface area contributed by atoms with Gasteiger partial charge in [-0.3, -0.25) is 0 Å². The van der Waals surface area contributed by atoms with Gasteiger partial charge in [0.15, 0.2) is 0 Å². The second kappa shape index (κ2) is 6.82. The van der Waals surface area contributed by atoms with Crippen LogP contribution in [0.4, 0.5) is 11.4 Å². The molecule has 1 aliphatic carbocycles. The molecule has 3 aromatic rings. The van der Waals surface area contributed by atoms with Gasteiger partial charge in [0.05, 0.1) is 6.04 Å². The Kier molecular flexibility index (Phi) is 4.16. The molecule has 0 saturated carbocycles. The van der Waals surface area contributed by atoms with E-state index in [2.05, 4.69) is 77.7 Å². The maximum Gasteiger partial charge on any atom is 0.489 e. The van der Waals surface area contributed by atoms with Crippen LogP contribution in [0.5, 0.6) is 0 Å². The average Bonchev–Trinajstić information content (AvgIpc) is 3.08. The van der Waals surface area contributed by atoms with Crippen LogP contribution in [0.3, 0.4) is 0 Å². The Morgan fingerprint density at radius 2 is 1.46 bits per heavy atom. The van der Waals surface area contributed by atoms with Crippen LogP contribution in [0.2, 0.25) is 0 Å². The topological polar surface area (TPSA) is 43.7 Å². The molecule has 136 valence electrons. The lowest BCUT2D eigenvalue weighted by molar-refractivity contribution is 0.426. The van der Waals surface area contributed by atoms with Gasteiger partial charge >= 0.3 is 7.12 Å². The molecular formula is C24H20BNO2. The first-order valence-electron chi connectivity index (χ1n) is 9.53. The Morgan fingerprint density at radius 3 is 2.29 bits per heavy atom. The molecule has 2 atom stereocenters. The van der Waals surface area contributed by atoms with Gasteiger partial charge in [0.2, 0.25) is 0 Å². The highest BCUT2D eigenvalue weighted by Crippen LogP contribution is 2.47. The zero-order valence-corrected chi connectivity index (χ0v) is 15.3. The molecular weight excluding hydrogens is 345 g/mol. The summed E-state index contributed by atoms with van der Waals surface area (Å²) in [5.41, 5.74) is 6.05. The van der Waals surface area contributed by atoms with E-state index in [0.717, 1.165) is 16.8 Å². The summed E-state index contributed by atoms with van der Waals surface area (Å²) in [6, 6.07) is 24.6. The maximum absolute atomic E-state index is 9.66. The number of nitrogens with zero attached hydrogens (tertiary/aromatic N) is 1. The summed E-state index contributed by atoms with van der Waals surface area (Å²) in [5.74, 6) is 0.367. The van der Waals surface area contributed by atoms with Gasteiger partial charge in [0, 0.05) is 17.3 Å². The summed E-state index contributed by atoms with van der Waals surface area (Å²) >= 11 is 0. The zero-order valence-electron chi connectivity index (χ0n) is 15.3. The molecule has 5 rings (SSSR count). The fourth-order valence-electron chi connectivity index (χ4n) is 4.38. The van der Waals surface area contributed by atoms with Crippen molar-refractivity contribution in [2.75, 3.05) is 4.90 Å². The van der Waals surface area contributed by atoms with E-state index in [1.807, 2.05) is 18.2 Å². The number of rotatable bonds is 3. The highest BCUT2D eigenvalue weighted by molar-refractivity contribution is 6.60. The van der Waals surface area contributed by atoms with E-state index in [9.17, 15) is 10.0 Å². The van der Waals surface area contributed by atoms with Crippen LogP contribution < -0.4 is 10.4 Å². The summed E-state index contributed by atoms with van der Waals surface area (Å²) in [6.45, 7) is 0. The highest BCUT2D eigenvalue weighted by Gasteiger charge is 2.36. The number of para-hydroxylation sites is 1. The summed E-state index contributed by atoms with van der Waals surface area (Å²) in [7, 11) is -1.48. The molecule has 0 amide bonds. The largest absolute Gasteiger partial charge is 0.489 e. The van der Waals surface area contributed by atoms with Crippen LogP contribution in [-0.2, 0) is 0 Å². The Bertz CT molecular complexity index is 1070. The third-order valence-corrected chi connectivity index (χ3v) is 5.65. The Balaban J connectivity index is 1.55. The highest BCUT2D eigenvalue weighted by atomic mass is 16.4. The fraction of sp³-hybridized carbons (Fsp3) is 0.0833. The van der Waals surface area contributed by atoms with Gasteiger partial charge in [0.1, 0.15) is 0 Å². The monoisotopic (exact) mass is 365 g/mol. The normalized spacial score (nSPS) is 19.4. The van der Waals surface area contributed by atoms with Crippen molar-refractivity contribution in [1.82, 2.24) is 0 Å². The molecule has 3 nitrogen and oxygen atoms in total. The summed E-state index contributed by atoms with van der Waals surface area (Å²) < 4.78 is 0. The molecule has 2 unspecified atom stereocenters. The lowest BCUT2D eigenvalue weighted by atomic mass is 9.75. The van der Waals surface area contributed by atoms with Crippen molar-refractivity contribution < 1.29 is 10.0 Å². The Labute approximate surface area is 165 Å². The van der Waals surface area contributed by atoms with Gasteiger partial charge in [-0.1, -0.05) is 78.9 Å². The van der Waals surface area contributed by atoms with E-state index >= 15 is 0 Å². The Hall–Kier alpha value is -3.08. The molecule has 2 N–H and O–H groups in total. The number of anilines is 2. The summed E-state index contributed by atoms with van der Waals surface area (Å²) in [4.78, 5) is 2.39. The number of hydrogen-bond donors (Lipinski definition) is 2. The van der Waals surface area contributed by atoms with Crippen molar-refractivity contribution in [3.05, 3.63) is 103 Å². The quantitative estimate of drug-likeness (QED) is 0.695. The lowest BCUT2D eigenvalue weighted by Crippen LogP contribution is -2.31. The molecule has 28 heavy (non-hydrogen) atoms. The van der Waals surface area contributed by atoms with Crippen molar-refractivity contribution in [2.45, 2.75) is 12.0 Å². The molecule has 0 radical (unpaired) electrons. The maximum atomic E-state index is 9.66. The van der Waals surface area contributed by atoms with E-state index in [1.165, 1.54) is 11.3 Å². The minimum atomic E-state index is -1.48. The van der Waals surface area contributed by atoms with Crippen LogP contribution >= 0.6 is 0 Å². The first kappa shape index (κ1) is 17.1. The van der Waals surface area contributed by atoms with Crippen LogP contribution in [0.15, 0.2) is 97.1 Å². The number of fused-ring (bicyclic) bond motifs is 3. The third kappa shape index (κ3) is 2.70. The molecule has 0 bridgehead atoms. The molecule has 0 spiro atoms. The van der Waals surface area contributed by atoms with Crippen LogP contribution in [0.1, 0.15) is 11.5 Å². The zero-order chi connectivity index (χ0) is 19.1. The SMILES string of the molecule is OB(O)c1ccccc1-c1ccc(N2c3ccccc3C3C=CC=CC32)cc1. The molecule has 2 aliphatic rings. The molecule has 3 aromatic carbocycles. The molecule has 0 saturated heterocycles.